The molecule has 10 nitrogen and oxygen atoms in total. The van der Waals surface area contributed by atoms with E-state index >= 15 is 0 Å². The van der Waals surface area contributed by atoms with Gasteiger partial charge in [0.05, 0.1) is 23.9 Å². The van der Waals surface area contributed by atoms with E-state index in [0.717, 1.165) is 4.31 Å². The fourth-order valence-corrected chi connectivity index (χ4v) is 4.85. The molecule has 0 heterocycles. The van der Waals surface area contributed by atoms with E-state index in [1.54, 1.807) is 24.3 Å². The van der Waals surface area contributed by atoms with E-state index in [4.69, 9.17) is 21.1 Å². The molecule has 0 spiro atoms. The van der Waals surface area contributed by atoms with Crippen molar-refractivity contribution in [1.29, 1.82) is 0 Å². The lowest BCUT2D eigenvalue weighted by Gasteiger charge is -2.23. The van der Waals surface area contributed by atoms with Gasteiger partial charge >= 0.3 is 0 Å². The van der Waals surface area contributed by atoms with Crippen LogP contribution in [0.4, 0.5) is 5.69 Å². The third-order valence-electron chi connectivity index (χ3n) is 5.15. The van der Waals surface area contributed by atoms with E-state index in [1.807, 2.05) is 13.8 Å². The number of rotatable bonds is 12. The summed E-state index contributed by atoms with van der Waals surface area (Å²) in [5.41, 5.74) is 3.26. The molecule has 0 saturated heterocycles. The van der Waals surface area contributed by atoms with E-state index in [1.165, 1.54) is 61.9 Å². The molecule has 0 saturated carbocycles. The Balaban J connectivity index is 1.67. The average Bonchev–Trinajstić information content (AvgIpc) is 2.91. The molecule has 0 aromatic heterocycles. The van der Waals surface area contributed by atoms with Gasteiger partial charge in [-0.25, -0.2) is 13.8 Å². The number of halogens is 1. The maximum absolute atomic E-state index is 13.4. The zero-order valence-corrected chi connectivity index (χ0v) is 23.2. The van der Waals surface area contributed by atoms with Crippen molar-refractivity contribution < 1.29 is 27.5 Å². The van der Waals surface area contributed by atoms with E-state index < -0.39 is 22.5 Å². The molecule has 0 aliphatic heterocycles. The van der Waals surface area contributed by atoms with Gasteiger partial charge in [-0.3, -0.25) is 13.9 Å². The summed E-state index contributed by atoms with van der Waals surface area (Å²) in [6.07, 6.45) is 1.40. The number of hydrogen-bond donors (Lipinski definition) is 2. The number of amides is 2. The first kappa shape index (κ1) is 29.5. The predicted molar refractivity (Wildman–Crippen MR) is 150 cm³/mol. The van der Waals surface area contributed by atoms with Crippen LogP contribution < -0.4 is 24.5 Å². The molecule has 2 amide bonds. The second kappa shape index (κ2) is 13.6. The van der Waals surface area contributed by atoms with E-state index in [-0.39, 0.29) is 29.1 Å². The van der Waals surface area contributed by atoms with E-state index in [0.29, 0.717) is 22.1 Å². The van der Waals surface area contributed by atoms with Gasteiger partial charge in [0.25, 0.3) is 21.8 Å². The van der Waals surface area contributed by atoms with Crippen LogP contribution >= 0.6 is 11.6 Å². The van der Waals surface area contributed by atoms with Gasteiger partial charge in [-0.1, -0.05) is 11.6 Å². The van der Waals surface area contributed by atoms with Crippen molar-refractivity contribution in [2.45, 2.75) is 24.8 Å². The van der Waals surface area contributed by atoms with Gasteiger partial charge in [-0.15, -0.1) is 0 Å². The second-order valence-corrected chi connectivity index (χ2v) is 10.8. The number of nitrogens with one attached hydrogen (secondary N) is 2. The topological polar surface area (TPSA) is 126 Å². The molecule has 0 atom stereocenters. The Morgan fingerprint density at radius 2 is 1.56 bits per heavy atom. The molecule has 2 N–H and O–H groups in total. The van der Waals surface area contributed by atoms with Crippen molar-refractivity contribution in [2.24, 2.45) is 5.10 Å². The SMILES string of the molecule is COc1ccc(S(=O)(=O)N(CC(=O)N/N=C\c2ccc(OCC(=O)NC(C)C)cc2)c2ccc(Cl)cc2)cc1. The Bertz CT molecular complexity index is 1390. The number of ether oxygens (including phenoxy) is 2. The smallest absolute Gasteiger partial charge is 0.264 e. The minimum Gasteiger partial charge on any atom is -0.497 e. The Kier molecular flexibility index (Phi) is 10.3. The molecular formula is C27H29ClN4O6S. The Morgan fingerprint density at radius 3 is 2.15 bits per heavy atom. The minimum absolute atomic E-state index is 0.0152. The molecule has 0 fully saturated rings. The number of hydrazone groups is 1. The Morgan fingerprint density at radius 1 is 0.949 bits per heavy atom. The highest BCUT2D eigenvalue weighted by atomic mass is 35.5. The number of carbonyl (C=O) groups excluding carboxylic acids is 2. The number of hydrogen-bond acceptors (Lipinski definition) is 7. The fraction of sp³-hybridized carbons (Fsp3) is 0.222. The van der Waals surface area contributed by atoms with Crippen molar-refractivity contribution in [2.75, 3.05) is 24.6 Å². The first-order valence-electron chi connectivity index (χ1n) is 11.8. The predicted octanol–water partition coefficient (Wildman–Crippen LogP) is 3.60. The lowest BCUT2D eigenvalue weighted by Crippen LogP contribution is -2.39. The summed E-state index contributed by atoms with van der Waals surface area (Å²) >= 11 is 5.97. The minimum atomic E-state index is -4.11. The molecule has 39 heavy (non-hydrogen) atoms. The Hall–Kier alpha value is -4.09. The van der Waals surface area contributed by atoms with Crippen molar-refractivity contribution in [3.05, 3.63) is 83.4 Å². The fourth-order valence-electron chi connectivity index (χ4n) is 3.30. The number of sulfonamides is 1. The van der Waals surface area contributed by atoms with Crippen molar-refractivity contribution in [3.63, 3.8) is 0 Å². The molecule has 12 heteroatoms. The average molecular weight is 573 g/mol. The summed E-state index contributed by atoms with van der Waals surface area (Å²) in [7, 11) is -2.63. The van der Waals surface area contributed by atoms with Crippen LogP contribution in [0.1, 0.15) is 19.4 Å². The number of benzene rings is 3. The third kappa shape index (κ3) is 8.72. The van der Waals surface area contributed by atoms with E-state index in [2.05, 4.69) is 15.8 Å². The summed E-state index contributed by atoms with van der Waals surface area (Å²) in [6, 6.07) is 18.7. The molecule has 0 radical (unpaired) electrons. The molecule has 0 bridgehead atoms. The van der Waals surface area contributed by atoms with Gasteiger partial charge in [0.15, 0.2) is 6.61 Å². The van der Waals surface area contributed by atoms with E-state index in [9.17, 15) is 18.0 Å². The number of anilines is 1. The molecule has 3 rings (SSSR count). The van der Waals surface area contributed by atoms with Crippen molar-refractivity contribution >= 4 is 45.3 Å². The monoisotopic (exact) mass is 572 g/mol. The molecular weight excluding hydrogens is 544 g/mol. The van der Waals surface area contributed by atoms with Gasteiger partial charge < -0.3 is 14.8 Å². The lowest BCUT2D eigenvalue weighted by molar-refractivity contribution is -0.123. The van der Waals surface area contributed by atoms with Crippen LogP contribution in [0.2, 0.25) is 5.02 Å². The molecule has 0 unspecified atom stereocenters. The summed E-state index contributed by atoms with van der Waals surface area (Å²) in [5.74, 6) is 0.113. The van der Waals surface area contributed by atoms with Crippen LogP contribution in [0.25, 0.3) is 0 Å². The summed E-state index contributed by atoms with van der Waals surface area (Å²) < 4.78 is 38.4. The molecule has 206 valence electrons. The zero-order valence-electron chi connectivity index (χ0n) is 21.6. The van der Waals surface area contributed by atoms with Crippen LogP contribution in [-0.4, -0.2) is 52.8 Å². The first-order chi connectivity index (χ1) is 18.6. The first-order valence-corrected chi connectivity index (χ1v) is 13.7. The maximum atomic E-state index is 13.4. The standard InChI is InChI=1S/C27H29ClN4O6S/c1-19(2)30-27(34)18-38-24-10-4-20(5-11-24)16-29-31-26(33)17-32(22-8-6-21(28)7-9-22)39(35,36)25-14-12-23(37-3)13-15-25/h4-16,19H,17-18H2,1-3H3,(H,30,34)(H,31,33)/b29-16-. The largest absolute Gasteiger partial charge is 0.497 e. The quantitative estimate of drug-likeness (QED) is 0.252. The van der Waals surface area contributed by atoms with Gasteiger partial charge in [0.2, 0.25) is 0 Å². The normalized spacial score (nSPS) is 11.3. The van der Waals surface area contributed by atoms with Crippen LogP contribution in [-0.2, 0) is 19.6 Å². The number of methoxy groups -OCH3 is 1. The van der Waals surface area contributed by atoms with Crippen molar-refractivity contribution in [1.82, 2.24) is 10.7 Å². The van der Waals surface area contributed by atoms with Crippen LogP contribution in [0, 0.1) is 0 Å². The van der Waals surface area contributed by atoms with Gasteiger partial charge in [0, 0.05) is 11.1 Å². The third-order valence-corrected chi connectivity index (χ3v) is 7.19. The van der Waals surface area contributed by atoms with Gasteiger partial charge in [-0.05, 0) is 92.2 Å². The summed E-state index contributed by atoms with van der Waals surface area (Å²) in [6.45, 7) is 3.09. The zero-order chi connectivity index (χ0) is 28.4. The van der Waals surface area contributed by atoms with Crippen molar-refractivity contribution in [3.8, 4) is 11.5 Å². The number of carbonyl (C=O) groups is 2. The Labute approximate surface area is 232 Å². The second-order valence-electron chi connectivity index (χ2n) is 8.54. The molecule has 3 aromatic carbocycles. The van der Waals surface area contributed by atoms with Crippen LogP contribution in [0.3, 0.4) is 0 Å². The van der Waals surface area contributed by atoms with Gasteiger partial charge in [0.1, 0.15) is 18.0 Å². The maximum Gasteiger partial charge on any atom is 0.264 e. The van der Waals surface area contributed by atoms with Gasteiger partial charge in [-0.2, -0.15) is 5.10 Å². The highest BCUT2D eigenvalue weighted by molar-refractivity contribution is 7.92. The lowest BCUT2D eigenvalue weighted by atomic mass is 10.2. The molecule has 0 aliphatic rings. The molecule has 0 aliphatic carbocycles. The van der Waals surface area contributed by atoms with Crippen LogP contribution in [0.15, 0.2) is 82.8 Å². The van der Waals surface area contributed by atoms with Crippen LogP contribution in [0.5, 0.6) is 11.5 Å². The molecule has 3 aromatic rings. The summed E-state index contributed by atoms with van der Waals surface area (Å²) in [5, 5.41) is 7.08. The summed E-state index contributed by atoms with van der Waals surface area (Å²) in [4.78, 5) is 24.4. The highest BCUT2D eigenvalue weighted by Gasteiger charge is 2.27. The number of nitrogens with zero attached hydrogens (tertiary/aromatic N) is 2. The highest BCUT2D eigenvalue weighted by Crippen LogP contribution is 2.26.